The molecule has 0 spiro atoms. The van der Waals surface area contributed by atoms with Crippen LogP contribution in [-0.4, -0.2) is 34.6 Å². The highest BCUT2D eigenvalue weighted by molar-refractivity contribution is 7.94. The molecule has 1 heterocycles. The number of nitrogens with zero attached hydrogens (tertiary/aromatic N) is 2. The van der Waals surface area contributed by atoms with Crippen LogP contribution in [0.2, 0.25) is 0 Å². The molecule has 3 N–H and O–H groups in total. The molecule has 3 rings (SSSR count). The van der Waals surface area contributed by atoms with Gasteiger partial charge in [-0.3, -0.25) is 0 Å². The second-order valence-corrected chi connectivity index (χ2v) is 9.15. The number of hydrogen-bond acceptors (Lipinski definition) is 5. The average Bonchev–Trinajstić information content (AvgIpc) is 2.92. The summed E-state index contributed by atoms with van der Waals surface area (Å²) >= 11 is 6.26. The standard InChI is InChI=1S/C19H25ClN4O2S/c1-14-4-5-15(2)19(12-14)24(20)27(25,26)16-6-7-18(17(21)13-16)23-10-3-8-22-9-11-23/h4-7,12-13,22H,3,8-11,21H2,1-2H3. The van der Waals surface area contributed by atoms with Crippen LogP contribution in [0.3, 0.4) is 0 Å². The van der Waals surface area contributed by atoms with Crippen LogP contribution in [0.4, 0.5) is 17.1 Å². The van der Waals surface area contributed by atoms with Crippen molar-refractivity contribution in [3.63, 3.8) is 0 Å². The molecule has 27 heavy (non-hydrogen) atoms. The highest BCUT2D eigenvalue weighted by atomic mass is 35.5. The van der Waals surface area contributed by atoms with E-state index in [1.54, 1.807) is 18.2 Å². The van der Waals surface area contributed by atoms with Crippen LogP contribution in [0, 0.1) is 13.8 Å². The molecule has 2 aromatic carbocycles. The van der Waals surface area contributed by atoms with Crippen LogP contribution in [-0.2, 0) is 10.0 Å². The van der Waals surface area contributed by atoms with Gasteiger partial charge in [0.2, 0.25) is 0 Å². The van der Waals surface area contributed by atoms with E-state index in [2.05, 4.69) is 10.2 Å². The lowest BCUT2D eigenvalue weighted by Gasteiger charge is -2.25. The monoisotopic (exact) mass is 408 g/mol. The Bertz CT molecular complexity index is 925. The minimum Gasteiger partial charge on any atom is -0.397 e. The van der Waals surface area contributed by atoms with Gasteiger partial charge in [0, 0.05) is 31.4 Å². The minimum absolute atomic E-state index is 0.0765. The summed E-state index contributed by atoms with van der Waals surface area (Å²) in [4.78, 5) is 2.25. The number of sulfonamides is 1. The second kappa shape index (κ2) is 7.96. The van der Waals surface area contributed by atoms with E-state index in [-0.39, 0.29) is 4.90 Å². The fraction of sp³-hybridized carbons (Fsp3) is 0.368. The molecule has 1 fully saturated rings. The van der Waals surface area contributed by atoms with Gasteiger partial charge in [-0.25, -0.2) is 0 Å². The van der Waals surface area contributed by atoms with Gasteiger partial charge in [-0.2, -0.15) is 12.2 Å². The number of hydrogen-bond donors (Lipinski definition) is 2. The Morgan fingerprint density at radius 2 is 1.89 bits per heavy atom. The SMILES string of the molecule is Cc1ccc(C)c(N(Cl)S(=O)(=O)c2ccc(N3CCCNCC3)c(N)c2)c1. The van der Waals surface area contributed by atoms with Crippen molar-refractivity contribution in [2.75, 3.05) is 40.6 Å². The molecule has 6 nitrogen and oxygen atoms in total. The first-order valence-electron chi connectivity index (χ1n) is 8.94. The fourth-order valence-corrected chi connectivity index (χ4v) is 4.78. The van der Waals surface area contributed by atoms with E-state index < -0.39 is 10.0 Å². The Morgan fingerprint density at radius 3 is 2.63 bits per heavy atom. The van der Waals surface area contributed by atoms with Gasteiger partial charge >= 0.3 is 0 Å². The van der Waals surface area contributed by atoms with E-state index in [0.29, 0.717) is 11.4 Å². The summed E-state index contributed by atoms with van der Waals surface area (Å²) in [5.74, 6) is 0. The van der Waals surface area contributed by atoms with Crippen molar-refractivity contribution in [2.24, 2.45) is 0 Å². The number of nitrogen functional groups attached to an aromatic ring is 1. The normalized spacial score (nSPS) is 15.4. The van der Waals surface area contributed by atoms with E-state index in [1.807, 2.05) is 26.0 Å². The molecule has 146 valence electrons. The van der Waals surface area contributed by atoms with E-state index in [9.17, 15) is 8.42 Å². The van der Waals surface area contributed by atoms with Crippen molar-refractivity contribution in [3.8, 4) is 0 Å². The van der Waals surface area contributed by atoms with Gasteiger partial charge in [-0.1, -0.05) is 12.1 Å². The Hall–Kier alpha value is -1.96. The van der Waals surface area contributed by atoms with E-state index >= 15 is 0 Å². The largest absolute Gasteiger partial charge is 0.397 e. The zero-order chi connectivity index (χ0) is 19.6. The number of rotatable bonds is 4. The molecule has 0 bridgehead atoms. The topological polar surface area (TPSA) is 78.7 Å². The third-order valence-electron chi connectivity index (χ3n) is 4.74. The number of halogens is 1. The molecule has 0 radical (unpaired) electrons. The molecule has 1 saturated heterocycles. The lowest BCUT2D eigenvalue weighted by atomic mass is 10.1. The molecule has 1 aliphatic rings. The number of aryl methyl sites for hydroxylation is 2. The first-order valence-corrected chi connectivity index (χ1v) is 10.7. The van der Waals surface area contributed by atoms with Crippen LogP contribution in [0.5, 0.6) is 0 Å². The van der Waals surface area contributed by atoms with Gasteiger partial charge in [0.15, 0.2) is 0 Å². The molecule has 0 unspecified atom stereocenters. The number of anilines is 3. The molecule has 0 saturated carbocycles. The Labute approximate surface area is 166 Å². The summed E-state index contributed by atoms with van der Waals surface area (Å²) in [5.41, 5.74) is 9.64. The third kappa shape index (κ3) is 4.15. The van der Waals surface area contributed by atoms with Crippen LogP contribution >= 0.6 is 11.8 Å². The summed E-state index contributed by atoms with van der Waals surface area (Å²) < 4.78 is 26.8. The van der Waals surface area contributed by atoms with Gasteiger partial charge in [-0.15, -0.1) is 0 Å². The van der Waals surface area contributed by atoms with Crippen molar-refractivity contribution in [1.29, 1.82) is 0 Å². The Morgan fingerprint density at radius 1 is 1.11 bits per heavy atom. The fourth-order valence-electron chi connectivity index (χ4n) is 3.20. The van der Waals surface area contributed by atoms with Crippen molar-refractivity contribution >= 4 is 38.9 Å². The van der Waals surface area contributed by atoms with Crippen molar-refractivity contribution in [3.05, 3.63) is 47.5 Å². The quantitative estimate of drug-likeness (QED) is 0.600. The second-order valence-electron chi connectivity index (χ2n) is 6.82. The van der Waals surface area contributed by atoms with Gasteiger partial charge in [0.25, 0.3) is 10.0 Å². The smallest absolute Gasteiger partial charge is 0.278 e. The molecule has 0 aliphatic carbocycles. The van der Waals surface area contributed by atoms with E-state index in [0.717, 1.165) is 53.2 Å². The molecule has 0 aromatic heterocycles. The van der Waals surface area contributed by atoms with Gasteiger partial charge < -0.3 is 16.0 Å². The van der Waals surface area contributed by atoms with E-state index in [1.165, 1.54) is 6.07 Å². The molecule has 8 heteroatoms. The van der Waals surface area contributed by atoms with Gasteiger partial charge in [-0.05, 0) is 62.2 Å². The lowest BCUT2D eigenvalue weighted by molar-refractivity contribution is 0.598. The molecule has 0 atom stereocenters. The predicted molar refractivity (Wildman–Crippen MR) is 112 cm³/mol. The predicted octanol–water partition coefficient (Wildman–Crippen LogP) is 3.03. The molecular formula is C19H25ClN4O2S. The number of nitrogens with one attached hydrogen (secondary N) is 1. The average molecular weight is 409 g/mol. The Balaban J connectivity index is 1.92. The van der Waals surface area contributed by atoms with Gasteiger partial charge in [0.05, 0.1) is 22.0 Å². The van der Waals surface area contributed by atoms with Crippen LogP contribution in [0.15, 0.2) is 41.3 Å². The number of benzene rings is 2. The van der Waals surface area contributed by atoms with Crippen molar-refractivity contribution < 1.29 is 8.42 Å². The number of nitrogens with two attached hydrogens (primary N) is 1. The highest BCUT2D eigenvalue weighted by Crippen LogP contribution is 2.32. The van der Waals surface area contributed by atoms with Crippen molar-refractivity contribution in [2.45, 2.75) is 25.2 Å². The van der Waals surface area contributed by atoms with Crippen molar-refractivity contribution in [1.82, 2.24) is 5.32 Å². The van der Waals surface area contributed by atoms with Crippen LogP contribution < -0.4 is 19.8 Å². The summed E-state index contributed by atoms with van der Waals surface area (Å²) in [6.45, 7) is 7.28. The zero-order valence-electron chi connectivity index (χ0n) is 15.6. The van der Waals surface area contributed by atoms with E-state index in [4.69, 9.17) is 17.5 Å². The highest BCUT2D eigenvalue weighted by Gasteiger charge is 2.26. The summed E-state index contributed by atoms with van der Waals surface area (Å²) in [5, 5.41) is 3.34. The molecule has 1 aliphatic heterocycles. The maximum atomic E-state index is 13.0. The summed E-state index contributed by atoms with van der Waals surface area (Å²) in [6.07, 6.45) is 1.02. The summed E-state index contributed by atoms with van der Waals surface area (Å²) in [6, 6.07) is 10.3. The zero-order valence-corrected chi connectivity index (χ0v) is 17.1. The maximum absolute atomic E-state index is 13.0. The summed E-state index contributed by atoms with van der Waals surface area (Å²) in [7, 11) is -3.92. The minimum atomic E-state index is -3.92. The van der Waals surface area contributed by atoms with Crippen LogP contribution in [0.1, 0.15) is 17.5 Å². The van der Waals surface area contributed by atoms with Gasteiger partial charge in [0.1, 0.15) is 0 Å². The van der Waals surface area contributed by atoms with Crippen LogP contribution in [0.25, 0.3) is 0 Å². The first kappa shape index (κ1) is 19.8. The first-order chi connectivity index (χ1) is 12.8. The molecular weight excluding hydrogens is 384 g/mol. The third-order valence-corrected chi connectivity index (χ3v) is 6.94. The molecule has 0 amide bonds. The Kier molecular flexibility index (Phi) is 5.83. The lowest BCUT2D eigenvalue weighted by Crippen LogP contribution is -2.28. The molecule has 2 aromatic rings. The maximum Gasteiger partial charge on any atom is 0.278 e.